The zero-order valence-corrected chi connectivity index (χ0v) is 8.79. The van der Waals surface area contributed by atoms with Crippen LogP contribution in [0.1, 0.15) is 25.7 Å². The molecule has 0 radical (unpaired) electrons. The number of carbonyl (C=O) groups excluding carboxylic acids is 1. The predicted octanol–water partition coefficient (Wildman–Crippen LogP) is 1.50. The van der Waals surface area contributed by atoms with Gasteiger partial charge in [-0.25, -0.2) is 0 Å². The van der Waals surface area contributed by atoms with Gasteiger partial charge in [-0.15, -0.1) is 0 Å². The predicted molar refractivity (Wildman–Crippen MR) is 56.0 cm³/mol. The van der Waals surface area contributed by atoms with Gasteiger partial charge in [-0.2, -0.15) is 0 Å². The zero-order chi connectivity index (χ0) is 10.2. The van der Waals surface area contributed by atoms with E-state index in [0.717, 1.165) is 25.4 Å². The van der Waals surface area contributed by atoms with Gasteiger partial charge >= 0.3 is 5.97 Å². The Morgan fingerprint density at radius 2 is 2.43 bits per heavy atom. The molecule has 0 aromatic heterocycles. The number of ether oxygens (including phenoxy) is 1. The fourth-order valence-electron chi connectivity index (χ4n) is 1.68. The highest BCUT2D eigenvalue weighted by molar-refractivity contribution is 5.70. The summed E-state index contributed by atoms with van der Waals surface area (Å²) in [5.41, 5.74) is 0. The third-order valence-corrected chi connectivity index (χ3v) is 2.55. The molecule has 1 atom stereocenters. The number of allylic oxidation sites excluding steroid dienone is 1. The van der Waals surface area contributed by atoms with E-state index in [1.807, 2.05) is 6.08 Å². The molecule has 0 spiro atoms. The second-order valence-corrected chi connectivity index (χ2v) is 3.70. The smallest absolute Gasteiger partial charge is 0.309 e. The standard InChI is InChI=1S/C11H19NO2/c1-14-11(13)7-3-2-5-10-6-4-8-12-9-10/h2-3,10,12H,4-9H2,1H3/b3-2-. The Bertz CT molecular complexity index is 195. The minimum atomic E-state index is -0.164. The van der Waals surface area contributed by atoms with Crippen molar-refractivity contribution in [3.05, 3.63) is 12.2 Å². The van der Waals surface area contributed by atoms with Crippen LogP contribution in [0.2, 0.25) is 0 Å². The third-order valence-electron chi connectivity index (χ3n) is 2.55. The number of esters is 1. The van der Waals surface area contributed by atoms with Gasteiger partial charge in [0, 0.05) is 0 Å². The number of carbonyl (C=O) groups is 1. The first-order valence-electron chi connectivity index (χ1n) is 5.25. The molecule has 0 saturated carbocycles. The summed E-state index contributed by atoms with van der Waals surface area (Å²) in [7, 11) is 1.42. The average Bonchev–Trinajstić information content (AvgIpc) is 2.25. The maximum absolute atomic E-state index is 10.8. The van der Waals surface area contributed by atoms with Crippen molar-refractivity contribution in [3.8, 4) is 0 Å². The van der Waals surface area contributed by atoms with Crippen LogP contribution in [0.15, 0.2) is 12.2 Å². The molecule has 0 aromatic rings. The lowest BCUT2D eigenvalue weighted by atomic mass is 9.96. The first-order valence-corrected chi connectivity index (χ1v) is 5.25. The number of rotatable bonds is 4. The van der Waals surface area contributed by atoms with Crippen molar-refractivity contribution in [2.24, 2.45) is 5.92 Å². The molecule has 1 rings (SSSR count). The van der Waals surface area contributed by atoms with Crippen LogP contribution in [0.4, 0.5) is 0 Å². The molecule has 0 bridgehead atoms. The average molecular weight is 197 g/mol. The molecule has 1 N–H and O–H groups in total. The summed E-state index contributed by atoms with van der Waals surface area (Å²) in [6.45, 7) is 2.27. The highest BCUT2D eigenvalue weighted by Gasteiger charge is 2.10. The number of hydrogen-bond acceptors (Lipinski definition) is 3. The molecule has 0 amide bonds. The summed E-state index contributed by atoms with van der Waals surface area (Å²) in [6, 6.07) is 0. The summed E-state index contributed by atoms with van der Waals surface area (Å²) in [6.07, 6.45) is 8.04. The molecule has 1 aliphatic heterocycles. The maximum Gasteiger partial charge on any atom is 0.309 e. The van der Waals surface area contributed by atoms with Gasteiger partial charge in [-0.05, 0) is 38.3 Å². The normalized spacial score (nSPS) is 22.5. The fourth-order valence-corrected chi connectivity index (χ4v) is 1.68. The lowest BCUT2D eigenvalue weighted by molar-refractivity contribution is -0.139. The van der Waals surface area contributed by atoms with Gasteiger partial charge < -0.3 is 10.1 Å². The fraction of sp³-hybridized carbons (Fsp3) is 0.727. The first kappa shape index (κ1) is 11.2. The van der Waals surface area contributed by atoms with Crippen molar-refractivity contribution >= 4 is 5.97 Å². The maximum atomic E-state index is 10.8. The molecule has 0 aromatic carbocycles. The van der Waals surface area contributed by atoms with Crippen molar-refractivity contribution in [3.63, 3.8) is 0 Å². The quantitative estimate of drug-likeness (QED) is 0.548. The summed E-state index contributed by atoms with van der Waals surface area (Å²) in [5, 5.41) is 3.37. The number of piperidine rings is 1. The highest BCUT2D eigenvalue weighted by atomic mass is 16.5. The van der Waals surface area contributed by atoms with Gasteiger partial charge in [0.1, 0.15) is 0 Å². The minimum Gasteiger partial charge on any atom is -0.469 e. The van der Waals surface area contributed by atoms with Crippen LogP contribution in [0, 0.1) is 5.92 Å². The second-order valence-electron chi connectivity index (χ2n) is 3.70. The van der Waals surface area contributed by atoms with Crippen LogP contribution in [-0.2, 0) is 9.53 Å². The van der Waals surface area contributed by atoms with Gasteiger partial charge in [0.25, 0.3) is 0 Å². The van der Waals surface area contributed by atoms with E-state index in [2.05, 4.69) is 16.1 Å². The van der Waals surface area contributed by atoms with Crippen LogP contribution < -0.4 is 5.32 Å². The van der Waals surface area contributed by atoms with E-state index < -0.39 is 0 Å². The van der Waals surface area contributed by atoms with E-state index >= 15 is 0 Å². The lowest BCUT2D eigenvalue weighted by Crippen LogP contribution is -2.29. The van der Waals surface area contributed by atoms with Crippen molar-refractivity contribution in [1.29, 1.82) is 0 Å². The Morgan fingerprint density at radius 1 is 1.57 bits per heavy atom. The molecule has 1 aliphatic rings. The highest BCUT2D eigenvalue weighted by Crippen LogP contribution is 2.14. The molecular weight excluding hydrogens is 178 g/mol. The summed E-state index contributed by atoms with van der Waals surface area (Å²) in [5.74, 6) is 0.584. The molecule has 0 aliphatic carbocycles. The van der Waals surface area contributed by atoms with Crippen LogP contribution in [0.3, 0.4) is 0 Å². The van der Waals surface area contributed by atoms with E-state index in [-0.39, 0.29) is 5.97 Å². The van der Waals surface area contributed by atoms with Crippen LogP contribution >= 0.6 is 0 Å². The molecule has 1 unspecified atom stereocenters. The Labute approximate surface area is 85.5 Å². The minimum absolute atomic E-state index is 0.164. The first-order chi connectivity index (χ1) is 6.83. The summed E-state index contributed by atoms with van der Waals surface area (Å²) < 4.78 is 4.54. The van der Waals surface area contributed by atoms with Crippen LogP contribution in [0.5, 0.6) is 0 Å². The molecule has 1 heterocycles. The Hall–Kier alpha value is -0.830. The number of hydrogen-bond donors (Lipinski definition) is 1. The topological polar surface area (TPSA) is 38.3 Å². The Kier molecular flexibility index (Phi) is 5.30. The van der Waals surface area contributed by atoms with Gasteiger partial charge in [0.2, 0.25) is 0 Å². The molecule has 80 valence electrons. The molecule has 1 saturated heterocycles. The summed E-state index contributed by atoms with van der Waals surface area (Å²) in [4.78, 5) is 10.8. The number of methoxy groups -OCH3 is 1. The largest absolute Gasteiger partial charge is 0.469 e. The van der Waals surface area contributed by atoms with E-state index in [9.17, 15) is 4.79 Å². The monoisotopic (exact) mass is 197 g/mol. The van der Waals surface area contributed by atoms with Gasteiger partial charge in [-0.3, -0.25) is 4.79 Å². The molecule has 14 heavy (non-hydrogen) atoms. The Morgan fingerprint density at radius 3 is 3.07 bits per heavy atom. The van der Waals surface area contributed by atoms with Gasteiger partial charge in [0.15, 0.2) is 0 Å². The molecule has 3 nitrogen and oxygen atoms in total. The second kappa shape index (κ2) is 6.60. The zero-order valence-electron chi connectivity index (χ0n) is 8.79. The molecule has 1 fully saturated rings. The third kappa shape index (κ3) is 4.42. The SMILES string of the molecule is COC(=O)C/C=C\CC1CCCNC1. The van der Waals surface area contributed by atoms with Gasteiger partial charge in [-0.1, -0.05) is 12.2 Å². The van der Waals surface area contributed by atoms with E-state index in [4.69, 9.17) is 0 Å². The Balaban J connectivity index is 2.09. The van der Waals surface area contributed by atoms with Crippen molar-refractivity contribution in [2.45, 2.75) is 25.7 Å². The van der Waals surface area contributed by atoms with Crippen LogP contribution in [-0.4, -0.2) is 26.2 Å². The number of nitrogens with one attached hydrogen (secondary N) is 1. The van der Waals surface area contributed by atoms with Gasteiger partial charge in [0.05, 0.1) is 13.5 Å². The van der Waals surface area contributed by atoms with E-state index in [0.29, 0.717) is 6.42 Å². The van der Waals surface area contributed by atoms with Crippen molar-refractivity contribution in [1.82, 2.24) is 5.32 Å². The van der Waals surface area contributed by atoms with Crippen molar-refractivity contribution in [2.75, 3.05) is 20.2 Å². The van der Waals surface area contributed by atoms with Crippen molar-refractivity contribution < 1.29 is 9.53 Å². The molecular formula is C11H19NO2. The molecule has 3 heteroatoms. The lowest BCUT2D eigenvalue weighted by Gasteiger charge is -2.21. The van der Waals surface area contributed by atoms with E-state index in [1.54, 1.807) is 0 Å². The van der Waals surface area contributed by atoms with E-state index in [1.165, 1.54) is 20.0 Å². The van der Waals surface area contributed by atoms with Crippen LogP contribution in [0.25, 0.3) is 0 Å². The summed E-state index contributed by atoms with van der Waals surface area (Å²) >= 11 is 0.